The summed E-state index contributed by atoms with van der Waals surface area (Å²) >= 11 is 1.08. The van der Waals surface area contributed by atoms with E-state index in [1.165, 1.54) is 17.4 Å². The third kappa shape index (κ3) is 5.13. The first-order valence-corrected chi connectivity index (χ1v) is 13.0. The van der Waals surface area contributed by atoms with Gasteiger partial charge in [-0.15, -0.1) is 11.3 Å². The first-order valence-electron chi connectivity index (χ1n) is 10.7. The second kappa shape index (κ2) is 10.1. The molecule has 1 amide bonds. The van der Waals surface area contributed by atoms with Gasteiger partial charge in [0.1, 0.15) is 21.3 Å². The molecule has 0 aliphatic heterocycles. The quantitative estimate of drug-likeness (QED) is 0.319. The van der Waals surface area contributed by atoms with Crippen LogP contribution in [0.5, 0.6) is 11.5 Å². The van der Waals surface area contributed by atoms with Crippen LogP contribution in [0.3, 0.4) is 0 Å². The highest BCUT2D eigenvalue weighted by Crippen LogP contribution is 2.29. The molecule has 6 nitrogen and oxygen atoms in total. The fraction of sp³-hybridized carbons (Fsp3) is 0.115. The van der Waals surface area contributed by atoms with Gasteiger partial charge in [-0.3, -0.25) is 9.10 Å². The second-order valence-corrected chi connectivity index (χ2v) is 10.4. The largest absolute Gasteiger partial charge is 0.457 e. The van der Waals surface area contributed by atoms with Crippen LogP contribution < -0.4 is 14.4 Å². The predicted molar refractivity (Wildman–Crippen MR) is 137 cm³/mol. The van der Waals surface area contributed by atoms with Gasteiger partial charge in [-0.1, -0.05) is 37.3 Å². The molecule has 34 heavy (non-hydrogen) atoms. The minimum absolute atomic E-state index is 0.0268. The summed E-state index contributed by atoms with van der Waals surface area (Å²) in [6.45, 7) is 2.04. The summed E-state index contributed by atoms with van der Waals surface area (Å²) in [7, 11) is -2.43. The molecule has 0 unspecified atom stereocenters. The third-order valence-corrected chi connectivity index (χ3v) is 8.14. The number of amides is 1. The number of aryl methyl sites for hydroxylation is 1. The highest BCUT2D eigenvalue weighted by molar-refractivity contribution is 7.93. The van der Waals surface area contributed by atoms with Crippen molar-refractivity contribution in [2.75, 3.05) is 16.7 Å². The Balaban J connectivity index is 1.49. The van der Waals surface area contributed by atoms with Crippen molar-refractivity contribution in [1.29, 1.82) is 0 Å². The van der Waals surface area contributed by atoms with Gasteiger partial charge in [0.2, 0.25) is 0 Å². The van der Waals surface area contributed by atoms with Crippen LogP contribution in [0.2, 0.25) is 0 Å². The van der Waals surface area contributed by atoms with E-state index in [0.29, 0.717) is 22.9 Å². The van der Waals surface area contributed by atoms with Crippen molar-refractivity contribution in [2.24, 2.45) is 0 Å². The smallest absolute Gasteiger partial charge is 0.267 e. The summed E-state index contributed by atoms with van der Waals surface area (Å²) < 4.78 is 33.5. The van der Waals surface area contributed by atoms with Crippen LogP contribution in [0, 0.1) is 0 Å². The molecule has 1 heterocycles. The van der Waals surface area contributed by atoms with Crippen molar-refractivity contribution < 1.29 is 17.9 Å². The van der Waals surface area contributed by atoms with Crippen molar-refractivity contribution in [3.05, 3.63) is 101 Å². The number of hydrogen-bond acceptors (Lipinski definition) is 5. The van der Waals surface area contributed by atoms with Crippen LogP contribution in [0.25, 0.3) is 0 Å². The number of rotatable bonds is 8. The van der Waals surface area contributed by atoms with E-state index >= 15 is 0 Å². The lowest BCUT2D eigenvalue weighted by atomic mass is 10.1. The molecule has 0 aliphatic rings. The molecule has 1 aromatic heterocycles. The standard InChI is InChI=1S/C26H24N2O4S2/c1-3-19-9-13-21(14-10-19)28(2)34(30,31)24-17-18-33-25(24)26(29)27-20-11-15-23(16-12-20)32-22-7-5-4-6-8-22/h4-18H,3H2,1-2H3,(H,27,29). The van der Waals surface area contributed by atoms with E-state index in [9.17, 15) is 13.2 Å². The molecule has 0 bridgehead atoms. The predicted octanol–water partition coefficient (Wildman–Crippen LogP) is 6.18. The van der Waals surface area contributed by atoms with Crippen molar-refractivity contribution in [2.45, 2.75) is 18.2 Å². The monoisotopic (exact) mass is 492 g/mol. The molecule has 0 spiro atoms. The van der Waals surface area contributed by atoms with E-state index in [1.807, 2.05) is 49.4 Å². The summed E-state index contributed by atoms with van der Waals surface area (Å²) in [4.78, 5) is 13.0. The molecule has 1 N–H and O–H groups in total. The van der Waals surface area contributed by atoms with E-state index in [2.05, 4.69) is 5.32 Å². The number of thiophene rings is 1. The zero-order valence-electron chi connectivity index (χ0n) is 18.8. The second-order valence-electron chi connectivity index (χ2n) is 7.50. The summed E-state index contributed by atoms with van der Waals surface area (Å²) in [5.74, 6) is 0.848. The minimum Gasteiger partial charge on any atom is -0.457 e. The van der Waals surface area contributed by atoms with Crippen LogP contribution >= 0.6 is 11.3 Å². The molecule has 0 radical (unpaired) electrons. The van der Waals surface area contributed by atoms with Crippen LogP contribution in [-0.2, 0) is 16.4 Å². The maximum absolute atomic E-state index is 13.3. The van der Waals surface area contributed by atoms with Crippen LogP contribution in [-0.4, -0.2) is 21.4 Å². The molecular weight excluding hydrogens is 468 g/mol. The Morgan fingerprint density at radius 1 is 0.912 bits per heavy atom. The average molecular weight is 493 g/mol. The maximum Gasteiger partial charge on any atom is 0.267 e. The molecule has 3 aromatic carbocycles. The number of carbonyl (C=O) groups excluding carboxylic acids is 1. The summed E-state index contributed by atoms with van der Waals surface area (Å²) in [5.41, 5.74) is 2.18. The van der Waals surface area contributed by atoms with Crippen molar-refractivity contribution >= 4 is 38.6 Å². The minimum atomic E-state index is -3.91. The zero-order valence-corrected chi connectivity index (χ0v) is 20.4. The molecule has 0 fully saturated rings. The Hall–Kier alpha value is -3.62. The number of sulfonamides is 1. The molecular formula is C26H24N2O4S2. The number of ether oxygens (including phenoxy) is 1. The van der Waals surface area contributed by atoms with Gasteiger partial charge in [0.15, 0.2) is 0 Å². The van der Waals surface area contributed by atoms with Crippen LogP contribution in [0.4, 0.5) is 11.4 Å². The van der Waals surface area contributed by atoms with E-state index in [-0.39, 0.29) is 9.77 Å². The SMILES string of the molecule is CCc1ccc(N(C)S(=O)(=O)c2ccsc2C(=O)Nc2ccc(Oc3ccccc3)cc2)cc1. The molecule has 0 saturated heterocycles. The summed E-state index contributed by atoms with van der Waals surface area (Å²) in [5, 5.41) is 4.38. The fourth-order valence-electron chi connectivity index (χ4n) is 3.31. The lowest BCUT2D eigenvalue weighted by Gasteiger charge is -2.20. The average Bonchev–Trinajstić information content (AvgIpc) is 3.37. The van der Waals surface area contributed by atoms with Gasteiger partial charge in [-0.05, 0) is 72.0 Å². The van der Waals surface area contributed by atoms with Crippen LogP contribution in [0.15, 0.2) is 95.2 Å². The van der Waals surface area contributed by atoms with E-state index < -0.39 is 15.9 Å². The number of carbonyl (C=O) groups is 1. The van der Waals surface area contributed by atoms with Gasteiger partial charge in [0.25, 0.3) is 15.9 Å². The Kier molecular flexibility index (Phi) is 7.00. The number of benzene rings is 3. The topological polar surface area (TPSA) is 75.7 Å². The molecule has 8 heteroatoms. The molecule has 4 aromatic rings. The molecule has 0 saturated carbocycles. The third-order valence-electron chi connectivity index (χ3n) is 5.27. The number of para-hydroxylation sites is 1. The molecule has 0 atom stereocenters. The Bertz CT molecular complexity index is 1360. The highest BCUT2D eigenvalue weighted by atomic mass is 32.2. The molecule has 4 rings (SSSR count). The van der Waals surface area contributed by atoms with E-state index in [4.69, 9.17) is 4.74 Å². The lowest BCUT2D eigenvalue weighted by molar-refractivity contribution is 0.102. The Morgan fingerprint density at radius 2 is 1.56 bits per heavy atom. The summed E-state index contributed by atoms with van der Waals surface area (Å²) in [6, 6.07) is 25.1. The van der Waals surface area contributed by atoms with Gasteiger partial charge in [0.05, 0.1) is 5.69 Å². The van der Waals surface area contributed by atoms with Crippen molar-refractivity contribution in [3.63, 3.8) is 0 Å². The van der Waals surface area contributed by atoms with Gasteiger partial charge in [0, 0.05) is 12.7 Å². The fourth-order valence-corrected chi connectivity index (χ4v) is 5.80. The van der Waals surface area contributed by atoms with Crippen molar-refractivity contribution in [3.8, 4) is 11.5 Å². The first-order chi connectivity index (χ1) is 16.4. The van der Waals surface area contributed by atoms with Gasteiger partial charge < -0.3 is 10.1 Å². The van der Waals surface area contributed by atoms with Crippen molar-refractivity contribution in [1.82, 2.24) is 0 Å². The van der Waals surface area contributed by atoms with Gasteiger partial charge in [-0.2, -0.15) is 0 Å². The first kappa shape index (κ1) is 23.5. The number of anilines is 2. The van der Waals surface area contributed by atoms with E-state index in [1.54, 1.807) is 41.8 Å². The summed E-state index contributed by atoms with van der Waals surface area (Å²) in [6.07, 6.45) is 0.866. The van der Waals surface area contributed by atoms with Gasteiger partial charge in [-0.25, -0.2) is 8.42 Å². The Labute approximate surface area is 203 Å². The molecule has 174 valence electrons. The Morgan fingerprint density at radius 3 is 2.21 bits per heavy atom. The lowest BCUT2D eigenvalue weighted by Crippen LogP contribution is -2.28. The zero-order chi connectivity index (χ0) is 24.1. The number of hydrogen-bond donors (Lipinski definition) is 1. The maximum atomic E-state index is 13.3. The van der Waals surface area contributed by atoms with Gasteiger partial charge >= 0.3 is 0 Å². The van der Waals surface area contributed by atoms with Crippen LogP contribution in [0.1, 0.15) is 22.2 Å². The highest BCUT2D eigenvalue weighted by Gasteiger charge is 2.28. The number of nitrogens with zero attached hydrogens (tertiary/aromatic N) is 1. The number of nitrogens with one attached hydrogen (secondary N) is 1. The molecule has 0 aliphatic carbocycles. The normalized spacial score (nSPS) is 11.1. The van der Waals surface area contributed by atoms with E-state index in [0.717, 1.165) is 23.3 Å².